The summed E-state index contributed by atoms with van der Waals surface area (Å²) in [5, 5.41) is 5.91. The van der Waals surface area contributed by atoms with Crippen molar-refractivity contribution in [1.82, 2.24) is 4.98 Å². The molecule has 0 aliphatic carbocycles. The van der Waals surface area contributed by atoms with Crippen molar-refractivity contribution in [3.63, 3.8) is 0 Å². The van der Waals surface area contributed by atoms with Crippen molar-refractivity contribution in [3.05, 3.63) is 34.2 Å². The molecule has 2 aromatic rings. The van der Waals surface area contributed by atoms with Gasteiger partial charge in [0.1, 0.15) is 11.6 Å². The zero-order valence-electron chi connectivity index (χ0n) is 11.5. The average Bonchev–Trinajstić information content (AvgIpc) is 2.87. The lowest BCUT2D eigenvalue weighted by Gasteiger charge is -2.10. The Kier molecular flexibility index (Phi) is 4.69. The first-order valence-electron chi connectivity index (χ1n) is 6.14. The highest BCUT2D eigenvalue weighted by Gasteiger charge is 2.15. The van der Waals surface area contributed by atoms with Crippen molar-refractivity contribution >= 4 is 28.5 Å². The van der Waals surface area contributed by atoms with Crippen LogP contribution in [0.1, 0.15) is 18.1 Å². The van der Waals surface area contributed by atoms with E-state index < -0.39 is 11.6 Å². The van der Waals surface area contributed by atoms with E-state index in [1.165, 1.54) is 24.3 Å². The van der Waals surface area contributed by atoms with Crippen LogP contribution < -0.4 is 15.9 Å². The van der Waals surface area contributed by atoms with Gasteiger partial charge in [0.15, 0.2) is 11.6 Å². The van der Waals surface area contributed by atoms with Crippen LogP contribution in [0.15, 0.2) is 16.5 Å². The number of rotatable bonds is 5. The van der Waals surface area contributed by atoms with E-state index in [2.05, 4.69) is 15.5 Å². The van der Waals surface area contributed by atoms with Gasteiger partial charge in [0.25, 0.3) is 0 Å². The lowest BCUT2D eigenvalue weighted by molar-refractivity contribution is 0.333. The molecule has 0 bridgehead atoms. The molecule has 0 saturated carbocycles. The third-order valence-electron chi connectivity index (χ3n) is 2.62. The van der Waals surface area contributed by atoms with Gasteiger partial charge in [-0.3, -0.25) is 5.43 Å². The highest BCUT2D eigenvalue weighted by molar-refractivity contribution is 7.14. The molecule has 0 fully saturated rings. The zero-order chi connectivity index (χ0) is 15.4. The van der Waals surface area contributed by atoms with E-state index in [-0.39, 0.29) is 16.9 Å². The van der Waals surface area contributed by atoms with Crippen LogP contribution in [0.25, 0.3) is 0 Å². The van der Waals surface area contributed by atoms with Gasteiger partial charge in [-0.15, -0.1) is 11.3 Å². The summed E-state index contributed by atoms with van der Waals surface area (Å²) in [6.45, 7) is 3.59. The minimum absolute atomic E-state index is 0.0152. The first-order valence-corrected chi connectivity index (χ1v) is 7.02. The van der Waals surface area contributed by atoms with Gasteiger partial charge < -0.3 is 10.5 Å². The second kappa shape index (κ2) is 6.49. The molecule has 1 aromatic heterocycles. The summed E-state index contributed by atoms with van der Waals surface area (Å²) in [7, 11) is 0. The maximum absolute atomic E-state index is 13.8. The van der Waals surface area contributed by atoms with E-state index in [9.17, 15) is 8.78 Å². The van der Waals surface area contributed by atoms with Crippen molar-refractivity contribution in [2.45, 2.75) is 13.8 Å². The molecule has 0 spiro atoms. The molecule has 0 aliphatic rings. The second-order valence-corrected chi connectivity index (χ2v) is 4.96. The number of anilines is 2. The number of aromatic nitrogens is 1. The molecule has 0 saturated heterocycles. The lowest BCUT2D eigenvalue weighted by atomic mass is 10.1. The maximum atomic E-state index is 13.8. The van der Waals surface area contributed by atoms with Crippen LogP contribution in [-0.4, -0.2) is 17.8 Å². The number of benzene rings is 1. The lowest BCUT2D eigenvalue weighted by Crippen LogP contribution is -2.03. The van der Waals surface area contributed by atoms with Crippen LogP contribution in [0, 0.1) is 18.6 Å². The van der Waals surface area contributed by atoms with Crippen LogP contribution in [-0.2, 0) is 0 Å². The fraction of sp³-hybridized carbons (Fsp3) is 0.231. The van der Waals surface area contributed by atoms with E-state index in [1.807, 2.05) is 0 Å². The Bertz CT molecular complexity index is 672. The molecule has 0 atom stereocenters. The van der Waals surface area contributed by atoms with Crippen LogP contribution in [0.4, 0.5) is 19.7 Å². The number of hydrogen-bond donors (Lipinski definition) is 2. The summed E-state index contributed by atoms with van der Waals surface area (Å²) in [6.07, 6.45) is 1.16. The number of nitrogens with one attached hydrogen (secondary N) is 1. The monoisotopic (exact) mass is 312 g/mol. The normalized spacial score (nSPS) is 11.0. The molecule has 1 heterocycles. The van der Waals surface area contributed by atoms with Gasteiger partial charge in [0.2, 0.25) is 5.13 Å². The fourth-order valence-electron chi connectivity index (χ4n) is 1.61. The van der Waals surface area contributed by atoms with Crippen molar-refractivity contribution in [1.29, 1.82) is 0 Å². The van der Waals surface area contributed by atoms with Crippen molar-refractivity contribution < 1.29 is 13.5 Å². The first-order chi connectivity index (χ1) is 10.0. The number of halogens is 2. The quantitative estimate of drug-likeness (QED) is 0.657. The third kappa shape index (κ3) is 3.46. The van der Waals surface area contributed by atoms with Gasteiger partial charge in [-0.25, -0.2) is 13.8 Å². The molecule has 8 heteroatoms. The standard InChI is InChI=1S/C13H14F2N4OS/c1-3-20-9-4-8(12(15)11(14)7(9)2)5-17-19-13-18-10(16)6-21-13/h4-6H,3,16H2,1-2H3,(H,18,19). The smallest absolute Gasteiger partial charge is 0.205 e. The summed E-state index contributed by atoms with van der Waals surface area (Å²) in [5.74, 6) is -1.26. The van der Waals surface area contributed by atoms with Crippen LogP contribution in [0.3, 0.4) is 0 Å². The Morgan fingerprint density at radius 2 is 2.24 bits per heavy atom. The maximum Gasteiger partial charge on any atom is 0.205 e. The molecule has 112 valence electrons. The summed E-state index contributed by atoms with van der Waals surface area (Å²) < 4.78 is 32.9. The summed E-state index contributed by atoms with van der Waals surface area (Å²) >= 11 is 1.25. The third-order valence-corrected chi connectivity index (χ3v) is 3.38. The van der Waals surface area contributed by atoms with Crippen LogP contribution in [0.5, 0.6) is 5.75 Å². The predicted molar refractivity (Wildman–Crippen MR) is 80.0 cm³/mol. The highest BCUT2D eigenvalue weighted by Crippen LogP contribution is 2.25. The molecular formula is C13H14F2N4OS. The Balaban J connectivity index is 2.22. The van der Waals surface area contributed by atoms with Gasteiger partial charge >= 0.3 is 0 Å². The first kappa shape index (κ1) is 15.2. The van der Waals surface area contributed by atoms with Gasteiger partial charge in [-0.05, 0) is 19.9 Å². The molecule has 1 aromatic carbocycles. The minimum Gasteiger partial charge on any atom is -0.493 e. The molecule has 0 unspecified atom stereocenters. The molecular weight excluding hydrogens is 298 g/mol. The number of nitrogens with zero attached hydrogens (tertiary/aromatic N) is 2. The Morgan fingerprint density at radius 3 is 2.86 bits per heavy atom. The average molecular weight is 312 g/mol. The van der Waals surface area contributed by atoms with E-state index in [0.29, 0.717) is 17.6 Å². The molecule has 2 rings (SSSR count). The molecule has 0 radical (unpaired) electrons. The van der Waals surface area contributed by atoms with Crippen LogP contribution >= 0.6 is 11.3 Å². The highest BCUT2D eigenvalue weighted by atomic mass is 32.1. The molecule has 0 aliphatic heterocycles. The predicted octanol–water partition coefficient (Wildman–Crippen LogP) is 3.16. The fourth-order valence-corrected chi connectivity index (χ4v) is 2.15. The summed E-state index contributed by atoms with van der Waals surface area (Å²) in [4.78, 5) is 3.92. The van der Waals surface area contributed by atoms with Crippen molar-refractivity contribution in [3.8, 4) is 5.75 Å². The van der Waals surface area contributed by atoms with Crippen molar-refractivity contribution in [2.75, 3.05) is 17.8 Å². The summed E-state index contributed by atoms with van der Waals surface area (Å²) in [5.41, 5.74) is 8.17. The largest absolute Gasteiger partial charge is 0.493 e. The van der Waals surface area contributed by atoms with E-state index in [0.717, 1.165) is 6.21 Å². The number of ether oxygens (including phenoxy) is 1. The number of nitrogens with two attached hydrogens (primary N) is 1. The molecule has 0 amide bonds. The van der Waals surface area contributed by atoms with Crippen LogP contribution in [0.2, 0.25) is 0 Å². The second-order valence-electron chi connectivity index (χ2n) is 4.10. The molecule has 21 heavy (non-hydrogen) atoms. The number of hydrogen-bond acceptors (Lipinski definition) is 6. The Hall–Kier alpha value is -2.22. The van der Waals surface area contributed by atoms with E-state index in [1.54, 1.807) is 12.3 Å². The van der Waals surface area contributed by atoms with Gasteiger partial charge in [-0.1, -0.05) is 0 Å². The minimum atomic E-state index is -0.972. The number of hydrazone groups is 1. The SMILES string of the molecule is CCOc1cc(C=NNc2nc(N)cs2)c(F)c(F)c1C. The van der Waals surface area contributed by atoms with E-state index >= 15 is 0 Å². The van der Waals surface area contributed by atoms with Gasteiger partial charge in [-0.2, -0.15) is 5.10 Å². The van der Waals surface area contributed by atoms with E-state index in [4.69, 9.17) is 10.5 Å². The number of thiazole rings is 1. The zero-order valence-corrected chi connectivity index (χ0v) is 12.3. The molecule has 5 nitrogen and oxygen atoms in total. The Labute approximate surface area is 124 Å². The topological polar surface area (TPSA) is 72.5 Å². The van der Waals surface area contributed by atoms with Gasteiger partial charge in [0, 0.05) is 16.5 Å². The van der Waals surface area contributed by atoms with Gasteiger partial charge in [0.05, 0.1) is 12.8 Å². The Morgan fingerprint density at radius 1 is 1.48 bits per heavy atom. The van der Waals surface area contributed by atoms with Crippen molar-refractivity contribution in [2.24, 2.45) is 5.10 Å². The number of nitrogen functional groups attached to an aromatic ring is 1. The molecule has 3 N–H and O–H groups in total. The summed E-state index contributed by atoms with van der Waals surface area (Å²) in [6, 6.07) is 1.40.